The normalized spacial score (nSPS) is 22.7. The third-order valence-electron chi connectivity index (χ3n) is 8.73. The van der Waals surface area contributed by atoms with Gasteiger partial charge in [-0.25, -0.2) is 4.79 Å². The number of nitrogens with one attached hydrogen (secondary N) is 1. The second-order valence-electron chi connectivity index (χ2n) is 11.1. The van der Waals surface area contributed by atoms with Crippen molar-refractivity contribution in [3.63, 3.8) is 0 Å². The van der Waals surface area contributed by atoms with Gasteiger partial charge in [0.05, 0.1) is 22.9 Å². The van der Waals surface area contributed by atoms with Gasteiger partial charge in [-0.05, 0) is 93.3 Å². The second-order valence-corrected chi connectivity index (χ2v) is 11.1. The summed E-state index contributed by atoms with van der Waals surface area (Å²) in [5.41, 5.74) is 5.15. The molecule has 2 heterocycles. The maximum absolute atomic E-state index is 12.4. The lowest BCUT2D eigenvalue weighted by Gasteiger charge is -2.48. The van der Waals surface area contributed by atoms with Gasteiger partial charge < -0.3 is 9.64 Å². The van der Waals surface area contributed by atoms with E-state index in [0.29, 0.717) is 28.9 Å². The number of rotatable bonds is 6. The predicted molar refractivity (Wildman–Crippen MR) is 149 cm³/mol. The van der Waals surface area contributed by atoms with E-state index < -0.39 is 11.6 Å². The molecule has 2 aromatic carbocycles. The van der Waals surface area contributed by atoms with Crippen LogP contribution < -0.4 is 10.2 Å². The summed E-state index contributed by atoms with van der Waals surface area (Å²) in [6.45, 7) is 4.09. The minimum absolute atomic E-state index is 0.0761. The predicted octanol–water partition coefficient (Wildman–Crippen LogP) is 6.86. The fourth-order valence-electron chi connectivity index (χ4n) is 6.15. The van der Waals surface area contributed by atoms with E-state index in [1.54, 1.807) is 18.3 Å². The molecule has 1 N–H and O–H groups in total. The van der Waals surface area contributed by atoms with Gasteiger partial charge in [0.25, 0.3) is 0 Å². The molecule has 1 aliphatic heterocycles. The van der Waals surface area contributed by atoms with Crippen LogP contribution in [0.3, 0.4) is 0 Å². The number of pyridine rings is 1. The molecule has 39 heavy (non-hydrogen) atoms. The third-order valence-corrected chi connectivity index (χ3v) is 8.73. The highest BCUT2D eigenvalue weighted by Gasteiger charge is 2.53. The van der Waals surface area contributed by atoms with Crippen molar-refractivity contribution < 1.29 is 9.53 Å². The zero-order valence-electron chi connectivity index (χ0n) is 22.2. The first kappa shape index (κ1) is 24.9. The van der Waals surface area contributed by atoms with E-state index in [0.717, 1.165) is 54.5 Å². The van der Waals surface area contributed by atoms with Crippen LogP contribution in [0.2, 0.25) is 0 Å². The molecule has 1 aromatic heterocycles. The molecule has 0 spiro atoms. The molecule has 2 fully saturated rings. The van der Waals surface area contributed by atoms with Gasteiger partial charge in [-0.15, -0.1) is 0 Å². The summed E-state index contributed by atoms with van der Waals surface area (Å²) in [4.78, 5) is 19.3. The molecular weight excluding hydrogens is 486 g/mol. The number of hydrogen-bond donors (Lipinski definition) is 1. The highest BCUT2D eigenvalue weighted by atomic mass is 16.6. The molecule has 3 aliphatic rings. The van der Waals surface area contributed by atoms with Crippen molar-refractivity contribution >= 4 is 17.5 Å². The Balaban J connectivity index is 1.34. The number of ether oxygens (including phenoxy) is 1. The first-order valence-electron chi connectivity index (χ1n) is 13.7. The zero-order chi connectivity index (χ0) is 27.1. The minimum Gasteiger partial charge on any atom is -0.446 e. The number of hydrogen-bond acceptors (Lipinski definition) is 6. The molecule has 196 valence electrons. The topological polar surface area (TPSA) is 102 Å². The minimum atomic E-state index is -0.595. The Bertz CT molecular complexity index is 1500. The van der Waals surface area contributed by atoms with Crippen molar-refractivity contribution in [2.45, 2.75) is 69.6 Å². The van der Waals surface area contributed by atoms with Crippen LogP contribution in [-0.2, 0) is 10.3 Å². The van der Waals surface area contributed by atoms with Crippen molar-refractivity contribution in [2.75, 3.05) is 10.2 Å². The van der Waals surface area contributed by atoms with Gasteiger partial charge in [-0.1, -0.05) is 24.3 Å². The SMILES string of the molecule is C[C@@H](OC(=O)Nc1ccc(C2(C)[C@H](C#N)c3ccc(-c4ncccc4C#N)cc3N2C2CCC2)cc1)C1CC1. The maximum Gasteiger partial charge on any atom is 0.411 e. The van der Waals surface area contributed by atoms with Gasteiger partial charge >= 0.3 is 6.09 Å². The summed E-state index contributed by atoms with van der Waals surface area (Å²) in [6.07, 6.45) is 6.71. The fourth-order valence-corrected chi connectivity index (χ4v) is 6.15. The molecule has 0 bridgehead atoms. The summed E-state index contributed by atoms with van der Waals surface area (Å²) >= 11 is 0. The lowest BCUT2D eigenvalue weighted by atomic mass is 9.77. The highest BCUT2D eigenvalue weighted by molar-refractivity contribution is 5.85. The number of fused-ring (bicyclic) bond motifs is 1. The van der Waals surface area contributed by atoms with Gasteiger partial charge in [0.2, 0.25) is 0 Å². The van der Waals surface area contributed by atoms with Crippen molar-refractivity contribution in [1.29, 1.82) is 10.5 Å². The van der Waals surface area contributed by atoms with E-state index >= 15 is 0 Å². The molecule has 2 saturated carbocycles. The molecule has 7 heteroatoms. The van der Waals surface area contributed by atoms with E-state index in [2.05, 4.69) is 40.3 Å². The zero-order valence-corrected chi connectivity index (χ0v) is 22.2. The molecule has 0 saturated heterocycles. The van der Waals surface area contributed by atoms with Gasteiger partial charge in [-0.3, -0.25) is 10.3 Å². The molecule has 1 unspecified atom stereocenters. The lowest BCUT2D eigenvalue weighted by Crippen LogP contribution is -2.51. The summed E-state index contributed by atoms with van der Waals surface area (Å²) in [7, 11) is 0. The van der Waals surface area contributed by atoms with Crippen molar-refractivity contribution in [2.24, 2.45) is 5.92 Å². The van der Waals surface area contributed by atoms with E-state index in [1.165, 1.54) is 0 Å². The summed E-state index contributed by atoms with van der Waals surface area (Å²) in [5.74, 6) is 0.0941. The van der Waals surface area contributed by atoms with E-state index in [-0.39, 0.29) is 12.0 Å². The van der Waals surface area contributed by atoms with Crippen LogP contribution in [0.5, 0.6) is 0 Å². The number of aromatic nitrogens is 1. The van der Waals surface area contributed by atoms with Crippen LogP contribution >= 0.6 is 0 Å². The average molecular weight is 518 g/mol. The standard InChI is InChI=1S/C32H31N5O2/c1-20(21-8-9-21)39-31(38)36-25-13-11-24(12-14-25)32(2)28(19-34)27-15-10-22(30-23(18-33)5-4-16-35-30)17-29(27)37(32)26-6-3-7-26/h4-5,10-17,20-21,26,28H,3,6-9H2,1-2H3,(H,36,38)/t20-,28-,32?/m1/s1. The molecular formula is C32H31N5O2. The Kier molecular flexibility index (Phi) is 6.23. The first-order chi connectivity index (χ1) is 18.9. The number of nitriles is 2. The Hall–Kier alpha value is -4.36. The van der Waals surface area contributed by atoms with Crippen molar-refractivity contribution in [3.8, 4) is 23.4 Å². The maximum atomic E-state index is 12.4. The quantitative estimate of drug-likeness (QED) is 0.383. The van der Waals surface area contributed by atoms with Crippen LogP contribution in [0.1, 0.15) is 68.6 Å². The van der Waals surface area contributed by atoms with Gasteiger partial charge in [0.1, 0.15) is 18.1 Å². The van der Waals surface area contributed by atoms with Gasteiger partial charge in [-0.2, -0.15) is 10.5 Å². The summed E-state index contributed by atoms with van der Waals surface area (Å²) < 4.78 is 5.51. The number of anilines is 2. The van der Waals surface area contributed by atoms with Gasteiger partial charge in [0.15, 0.2) is 0 Å². The van der Waals surface area contributed by atoms with Crippen molar-refractivity contribution in [3.05, 3.63) is 77.5 Å². The van der Waals surface area contributed by atoms with Crippen LogP contribution in [0.4, 0.5) is 16.2 Å². The van der Waals surface area contributed by atoms with Crippen molar-refractivity contribution in [1.82, 2.24) is 4.98 Å². The number of carbonyl (C=O) groups excluding carboxylic acids is 1. The largest absolute Gasteiger partial charge is 0.446 e. The van der Waals surface area contributed by atoms with E-state index in [1.807, 2.05) is 43.3 Å². The molecule has 1 amide bonds. The Morgan fingerprint density at radius 2 is 1.90 bits per heavy atom. The summed E-state index contributed by atoms with van der Waals surface area (Å²) in [5, 5.41) is 23.0. The monoisotopic (exact) mass is 517 g/mol. The molecule has 3 atom stereocenters. The molecule has 0 radical (unpaired) electrons. The number of carbonyl (C=O) groups is 1. The highest BCUT2D eigenvalue weighted by Crippen LogP contribution is 2.56. The second kappa shape index (κ2) is 9.75. The molecule has 2 aliphatic carbocycles. The van der Waals surface area contributed by atoms with Gasteiger partial charge in [0, 0.05) is 29.2 Å². The Labute approximate surface area is 229 Å². The van der Waals surface area contributed by atoms with E-state index in [4.69, 9.17) is 4.74 Å². The number of amides is 1. The third kappa shape index (κ3) is 4.29. The van der Waals surface area contributed by atoms with Crippen LogP contribution in [0.15, 0.2) is 60.8 Å². The number of benzene rings is 2. The average Bonchev–Trinajstić information content (AvgIpc) is 3.74. The Morgan fingerprint density at radius 3 is 2.54 bits per heavy atom. The molecule has 6 rings (SSSR count). The van der Waals surface area contributed by atoms with E-state index in [9.17, 15) is 15.3 Å². The lowest BCUT2D eigenvalue weighted by molar-refractivity contribution is 0.108. The van der Waals surface area contributed by atoms with Crippen LogP contribution in [0, 0.1) is 28.6 Å². The van der Waals surface area contributed by atoms with Crippen LogP contribution in [0.25, 0.3) is 11.3 Å². The smallest absolute Gasteiger partial charge is 0.411 e. The first-order valence-corrected chi connectivity index (χ1v) is 13.7. The fraction of sp³-hybridized carbons (Fsp3) is 0.375. The molecule has 7 nitrogen and oxygen atoms in total. The number of nitrogens with zero attached hydrogens (tertiary/aromatic N) is 4. The summed E-state index contributed by atoms with van der Waals surface area (Å²) in [6, 6.07) is 22.6. The Morgan fingerprint density at radius 1 is 1.13 bits per heavy atom. The van der Waals surface area contributed by atoms with Crippen LogP contribution in [-0.4, -0.2) is 23.2 Å². The molecule has 3 aromatic rings.